The molecule has 1 fully saturated rings. The third kappa shape index (κ3) is 6.33. The molecule has 0 aromatic carbocycles. The smallest absolute Gasteiger partial charge is 0.388 e. The van der Waals surface area contributed by atoms with Crippen molar-refractivity contribution in [1.29, 1.82) is 0 Å². The first-order valence-corrected chi connectivity index (χ1v) is 12.2. The lowest BCUT2D eigenvalue weighted by molar-refractivity contribution is -0.157. The van der Waals surface area contributed by atoms with E-state index in [0.717, 1.165) is 10.8 Å². The van der Waals surface area contributed by atoms with Crippen molar-refractivity contribution in [3.63, 3.8) is 0 Å². The molecule has 1 saturated heterocycles. The van der Waals surface area contributed by atoms with Gasteiger partial charge in [0, 0.05) is 10.8 Å². The molecule has 0 spiro atoms. The summed E-state index contributed by atoms with van der Waals surface area (Å²) in [5.41, 5.74) is 2.11. The molecule has 0 aliphatic carbocycles. The fourth-order valence-electron chi connectivity index (χ4n) is 2.35. The standard InChI is InChI=1S/C10H14ClFN3O13P3/c11-6-7(16)10(3-12,25-8(6)15-2-1-5(13)14-9(15)17)4-24-29(19)27-31(22,23)28-30(20,21)26-18/h1-2,6-8,16H,3-4H2,(H4-,13,14,17,18,20,21,22,23)/p+1/t6-,7-,8+,10+/m0/s1. The van der Waals surface area contributed by atoms with Gasteiger partial charge >= 0.3 is 29.6 Å². The second-order valence-corrected chi connectivity index (χ2v) is 10.4. The summed E-state index contributed by atoms with van der Waals surface area (Å²) in [6.45, 7) is -2.59. The molecule has 0 bridgehead atoms. The van der Waals surface area contributed by atoms with E-state index in [1.807, 2.05) is 0 Å². The number of nitrogens with two attached hydrogens (primary N) is 1. The molecule has 1 aliphatic heterocycles. The molecule has 16 nitrogen and oxygen atoms in total. The van der Waals surface area contributed by atoms with E-state index < -0.39 is 66.2 Å². The quantitative estimate of drug-likeness (QED) is 0.119. The molecule has 1 aromatic rings. The molecule has 3 unspecified atom stereocenters. The van der Waals surface area contributed by atoms with Crippen LogP contribution in [-0.2, 0) is 36.3 Å². The van der Waals surface area contributed by atoms with Gasteiger partial charge in [-0.3, -0.25) is 9.46 Å². The Kier molecular flexibility index (Phi) is 8.44. The summed E-state index contributed by atoms with van der Waals surface area (Å²) in [5, 5.41) is 16.9. The third-order valence-corrected chi connectivity index (χ3v) is 7.72. The molecule has 31 heavy (non-hydrogen) atoms. The zero-order chi connectivity index (χ0) is 23.6. The zero-order valence-electron chi connectivity index (χ0n) is 14.8. The van der Waals surface area contributed by atoms with E-state index in [4.69, 9.17) is 32.2 Å². The Labute approximate surface area is 177 Å². The predicted molar refractivity (Wildman–Crippen MR) is 96.5 cm³/mol. The van der Waals surface area contributed by atoms with E-state index in [0.29, 0.717) is 0 Å². The van der Waals surface area contributed by atoms with Crippen LogP contribution in [0, 0.1) is 0 Å². The van der Waals surface area contributed by atoms with E-state index in [2.05, 4.69) is 22.8 Å². The second kappa shape index (κ2) is 9.93. The molecule has 1 aromatic heterocycles. The third-order valence-electron chi connectivity index (χ3n) is 3.71. The Morgan fingerprint density at radius 3 is 2.61 bits per heavy atom. The van der Waals surface area contributed by atoms with Crippen molar-refractivity contribution in [3.8, 4) is 0 Å². The Morgan fingerprint density at radius 1 is 1.42 bits per heavy atom. The summed E-state index contributed by atoms with van der Waals surface area (Å²) in [6, 6.07) is 1.20. The Morgan fingerprint density at radius 2 is 2.06 bits per heavy atom. The molecule has 176 valence electrons. The number of alkyl halides is 2. The number of hydrogen-bond acceptors (Lipinski definition) is 13. The molecule has 2 heterocycles. The van der Waals surface area contributed by atoms with Crippen LogP contribution in [0.5, 0.6) is 0 Å². The Hall–Kier alpha value is -0.900. The minimum absolute atomic E-state index is 0.130. The maximum Gasteiger partial charge on any atom is 0.708 e. The molecule has 0 saturated carbocycles. The van der Waals surface area contributed by atoms with Crippen molar-refractivity contribution in [2.45, 2.75) is 23.3 Å². The van der Waals surface area contributed by atoms with E-state index >= 15 is 0 Å². The van der Waals surface area contributed by atoms with E-state index in [-0.39, 0.29) is 5.82 Å². The molecule has 6 N–H and O–H groups in total. The lowest BCUT2D eigenvalue weighted by Gasteiger charge is -2.26. The van der Waals surface area contributed by atoms with E-state index in [9.17, 15) is 32.9 Å². The van der Waals surface area contributed by atoms with E-state index in [1.165, 1.54) is 6.07 Å². The van der Waals surface area contributed by atoms with Gasteiger partial charge in [0.2, 0.25) is 0 Å². The van der Waals surface area contributed by atoms with Crippen molar-refractivity contribution < 1.29 is 60.8 Å². The summed E-state index contributed by atoms with van der Waals surface area (Å²) in [7, 11) is -14.7. The number of anilines is 1. The summed E-state index contributed by atoms with van der Waals surface area (Å²) in [4.78, 5) is 33.3. The molecule has 1 aliphatic rings. The van der Waals surface area contributed by atoms with Gasteiger partial charge in [-0.25, -0.2) is 23.6 Å². The van der Waals surface area contributed by atoms with Crippen LogP contribution in [0.1, 0.15) is 6.23 Å². The minimum Gasteiger partial charge on any atom is -0.388 e. The summed E-state index contributed by atoms with van der Waals surface area (Å²) in [5.74, 6) is -0.130. The number of aromatic nitrogens is 2. The van der Waals surface area contributed by atoms with Gasteiger partial charge in [-0.2, -0.15) is 9.29 Å². The van der Waals surface area contributed by atoms with Crippen molar-refractivity contribution in [2.24, 2.45) is 0 Å². The molecule has 21 heteroatoms. The van der Waals surface area contributed by atoms with Crippen LogP contribution >= 0.6 is 35.5 Å². The molecular formula is C10H15ClFN3O13P3+. The summed E-state index contributed by atoms with van der Waals surface area (Å²) < 4.78 is 68.9. The number of aliphatic hydroxyl groups is 1. The number of nitrogens with zero attached hydrogens (tertiary/aromatic N) is 2. The van der Waals surface area contributed by atoms with Gasteiger partial charge in [-0.1, -0.05) is 0 Å². The lowest BCUT2D eigenvalue weighted by Crippen LogP contribution is -2.47. The fourth-order valence-corrected chi connectivity index (χ4v) is 5.49. The molecule has 0 amide bonds. The van der Waals surface area contributed by atoms with Crippen LogP contribution in [0.15, 0.2) is 17.1 Å². The highest BCUT2D eigenvalue weighted by Crippen LogP contribution is 2.63. The number of aliphatic hydroxyl groups excluding tert-OH is 1. The topological polar surface area (TPSA) is 239 Å². The number of ether oxygens (including phenoxy) is 1. The number of hydrogen-bond donors (Lipinski definition) is 5. The maximum atomic E-state index is 13.8. The predicted octanol–water partition coefficient (Wildman–Crippen LogP) is 0.428. The maximum absolute atomic E-state index is 13.8. The lowest BCUT2D eigenvalue weighted by atomic mass is 9.99. The van der Waals surface area contributed by atoms with Gasteiger partial charge in [0.15, 0.2) is 11.8 Å². The summed E-state index contributed by atoms with van der Waals surface area (Å²) >= 11 is 6.03. The number of nitrogen functional groups attached to an aromatic ring is 1. The highest BCUT2D eigenvalue weighted by molar-refractivity contribution is 7.64. The second-order valence-electron chi connectivity index (χ2n) is 5.82. The van der Waals surface area contributed by atoms with Crippen molar-refractivity contribution >= 4 is 41.3 Å². The van der Waals surface area contributed by atoms with Crippen LogP contribution in [0.4, 0.5) is 10.2 Å². The van der Waals surface area contributed by atoms with Crippen LogP contribution in [0.2, 0.25) is 0 Å². The number of rotatable bonds is 10. The molecule has 2 rings (SSSR count). The SMILES string of the molecule is Nc1ccn([C@@H]2O[C@](CF)(CO[P+](=O)OP(=O)(O)OP(=O)(O)OO)[C@@H](O)[C@@H]2Cl)c(=O)n1. The van der Waals surface area contributed by atoms with Gasteiger partial charge in [0.1, 0.15) is 30.6 Å². The van der Waals surface area contributed by atoms with E-state index in [1.54, 1.807) is 0 Å². The number of halogens is 2. The van der Waals surface area contributed by atoms with Crippen LogP contribution < -0.4 is 11.4 Å². The normalized spacial score (nSPS) is 30.5. The van der Waals surface area contributed by atoms with Gasteiger partial charge in [-0.05, 0) is 10.4 Å². The average molecular weight is 533 g/mol. The molecular weight excluding hydrogens is 517 g/mol. The average Bonchev–Trinajstić information content (AvgIpc) is 2.91. The summed E-state index contributed by atoms with van der Waals surface area (Å²) in [6.07, 6.45) is -2.20. The molecule has 0 radical (unpaired) electrons. The number of phosphoric acid groups is 2. The van der Waals surface area contributed by atoms with Crippen molar-refractivity contribution in [1.82, 2.24) is 9.55 Å². The Balaban J connectivity index is 2.12. The fraction of sp³-hybridized carbons (Fsp3) is 0.600. The Bertz CT molecular complexity index is 982. The largest absolute Gasteiger partial charge is 0.708 e. The molecule has 7 atom stereocenters. The van der Waals surface area contributed by atoms with Crippen molar-refractivity contribution in [2.75, 3.05) is 19.0 Å². The van der Waals surface area contributed by atoms with Crippen LogP contribution in [0.25, 0.3) is 0 Å². The minimum atomic E-state index is -5.57. The zero-order valence-corrected chi connectivity index (χ0v) is 18.3. The monoisotopic (exact) mass is 532 g/mol. The first-order chi connectivity index (χ1) is 14.3. The first-order valence-electron chi connectivity index (χ1n) is 7.66. The van der Waals surface area contributed by atoms with Crippen molar-refractivity contribution in [3.05, 3.63) is 22.7 Å². The van der Waals surface area contributed by atoms with Gasteiger partial charge in [0.25, 0.3) is 0 Å². The van der Waals surface area contributed by atoms with Gasteiger partial charge in [-0.15, -0.1) is 20.8 Å². The van der Waals surface area contributed by atoms with Crippen LogP contribution in [-0.4, -0.2) is 60.1 Å². The highest BCUT2D eigenvalue weighted by atomic mass is 35.5. The van der Waals surface area contributed by atoms with Gasteiger partial charge < -0.3 is 20.5 Å². The van der Waals surface area contributed by atoms with Gasteiger partial charge in [0.05, 0.1) is 0 Å². The van der Waals surface area contributed by atoms with Crippen LogP contribution in [0.3, 0.4) is 0 Å². The first kappa shape index (κ1) is 26.4. The highest BCUT2D eigenvalue weighted by Gasteiger charge is 2.57.